The van der Waals surface area contributed by atoms with Crippen LogP contribution in [0.2, 0.25) is 0 Å². The van der Waals surface area contributed by atoms with Gasteiger partial charge in [0.05, 0.1) is 30.2 Å². The minimum Gasteiger partial charge on any atom is -0.532 e. The number of rotatable bonds is 4. The third-order valence-electron chi connectivity index (χ3n) is 5.17. The molecular formula is C20H19BF3N5O3. The Bertz CT molecular complexity index is 1090. The number of benzene rings is 1. The van der Waals surface area contributed by atoms with Crippen LogP contribution in [0.15, 0.2) is 24.3 Å². The predicted octanol–water partition coefficient (Wildman–Crippen LogP) is 3.31. The minimum atomic E-state index is -4.69. The van der Waals surface area contributed by atoms with Crippen LogP contribution in [0, 0.1) is 24.2 Å². The fourth-order valence-corrected chi connectivity index (χ4v) is 3.52. The lowest BCUT2D eigenvalue weighted by molar-refractivity contribution is -0.138. The summed E-state index contributed by atoms with van der Waals surface area (Å²) in [7, 11) is -1.45. The van der Waals surface area contributed by atoms with E-state index in [9.17, 15) is 23.5 Å². The second-order valence-electron chi connectivity index (χ2n) is 7.51. The van der Waals surface area contributed by atoms with Crippen LogP contribution in [0.25, 0.3) is 6.08 Å². The first-order valence-corrected chi connectivity index (χ1v) is 9.87. The van der Waals surface area contributed by atoms with Gasteiger partial charge in [-0.15, -0.1) is 0 Å². The molecule has 32 heavy (non-hydrogen) atoms. The number of alkyl halides is 3. The van der Waals surface area contributed by atoms with Gasteiger partial charge in [-0.3, -0.25) is 0 Å². The molecule has 1 aromatic heterocycles. The molecule has 0 saturated carbocycles. The summed E-state index contributed by atoms with van der Waals surface area (Å²) in [6, 6.07) is 4.32. The lowest BCUT2D eigenvalue weighted by atomic mass is 9.85. The van der Waals surface area contributed by atoms with Crippen molar-refractivity contribution in [2.75, 3.05) is 23.8 Å². The maximum Gasteiger partial charge on any atom is 0.552 e. The summed E-state index contributed by atoms with van der Waals surface area (Å²) in [6.07, 6.45) is -1.20. The van der Waals surface area contributed by atoms with Crippen molar-refractivity contribution in [2.24, 2.45) is 5.92 Å². The number of halogens is 3. The lowest BCUT2D eigenvalue weighted by Gasteiger charge is -2.28. The Morgan fingerprint density at radius 2 is 2.16 bits per heavy atom. The highest BCUT2D eigenvalue weighted by Gasteiger charge is 2.38. The van der Waals surface area contributed by atoms with Gasteiger partial charge in [0, 0.05) is 29.6 Å². The fraction of sp³-hybridized carbons (Fsp3) is 0.350. The van der Waals surface area contributed by atoms with E-state index in [1.54, 1.807) is 6.92 Å². The third kappa shape index (κ3) is 4.63. The van der Waals surface area contributed by atoms with Gasteiger partial charge in [-0.2, -0.15) is 23.4 Å². The number of nitriles is 1. The Labute approximate surface area is 182 Å². The van der Waals surface area contributed by atoms with E-state index in [4.69, 9.17) is 9.39 Å². The SMILES string of the molecule is Cc1cnc(Nc2cc3c(c(C(F)(F)F)c2)OB(O)C=C3)nc1NC1COCC[C@@H]1C#N. The van der Waals surface area contributed by atoms with Crippen LogP contribution in [0.4, 0.5) is 30.6 Å². The molecule has 0 radical (unpaired) electrons. The maximum absolute atomic E-state index is 13.6. The summed E-state index contributed by atoms with van der Waals surface area (Å²) in [5.74, 6) is 1.10. The van der Waals surface area contributed by atoms with E-state index < -0.39 is 24.6 Å². The maximum atomic E-state index is 13.6. The van der Waals surface area contributed by atoms with Crippen molar-refractivity contribution >= 4 is 30.6 Å². The van der Waals surface area contributed by atoms with E-state index in [1.807, 2.05) is 0 Å². The Kier molecular flexibility index (Phi) is 5.95. The van der Waals surface area contributed by atoms with Crippen LogP contribution in [0.3, 0.4) is 0 Å². The fourth-order valence-electron chi connectivity index (χ4n) is 3.52. The Morgan fingerprint density at radius 1 is 1.34 bits per heavy atom. The zero-order valence-electron chi connectivity index (χ0n) is 17.0. The summed E-state index contributed by atoms with van der Waals surface area (Å²) < 4.78 is 51.1. The first-order valence-electron chi connectivity index (χ1n) is 9.87. The third-order valence-corrected chi connectivity index (χ3v) is 5.17. The van der Waals surface area contributed by atoms with Gasteiger partial charge in [0.25, 0.3) is 0 Å². The molecule has 0 aliphatic carbocycles. The summed E-state index contributed by atoms with van der Waals surface area (Å²) in [5.41, 5.74) is -0.0483. The molecule has 8 nitrogen and oxygen atoms in total. The van der Waals surface area contributed by atoms with E-state index in [0.717, 1.165) is 6.07 Å². The van der Waals surface area contributed by atoms with Gasteiger partial charge < -0.3 is 25.0 Å². The standard InChI is InChI=1S/C20H19BF3N5O3/c1-11-9-26-19(29-18(11)28-16-10-31-5-3-13(16)8-25)27-14-6-12-2-4-21(30)32-17(12)15(7-14)20(22,23)24/h2,4,6-7,9,13,16,30H,3,5,10H2,1H3,(H2,26,27,28,29)/t13-,16?/m1/s1. The van der Waals surface area contributed by atoms with E-state index in [1.165, 1.54) is 24.3 Å². The first kappa shape index (κ1) is 21.9. The number of ether oxygens (including phenoxy) is 1. The molecule has 2 atom stereocenters. The monoisotopic (exact) mass is 445 g/mol. The Morgan fingerprint density at radius 3 is 2.91 bits per heavy atom. The van der Waals surface area contributed by atoms with E-state index in [0.29, 0.717) is 31.0 Å². The highest BCUT2D eigenvalue weighted by molar-refractivity contribution is 6.51. The number of fused-ring (bicyclic) bond motifs is 1. The molecule has 2 aliphatic rings. The predicted molar refractivity (Wildman–Crippen MR) is 111 cm³/mol. The molecule has 1 aromatic carbocycles. The number of aryl methyl sites for hydroxylation is 1. The molecule has 0 bridgehead atoms. The van der Waals surface area contributed by atoms with Crippen molar-refractivity contribution < 1.29 is 27.6 Å². The van der Waals surface area contributed by atoms with Gasteiger partial charge in [-0.25, -0.2) is 4.98 Å². The molecule has 0 spiro atoms. The van der Waals surface area contributed by atoms with Gasteiger partial charge >= 0.3 is 13.3 Å². The van der Waals surface area contributed by atoms with E-state index in [2.05, 4.69) is 26.7 Å². The molecule has 3 heterocycles. The van der Waals surface area contributed by atoms with E-state index >= 15 is 0 Å². The Balaban J connectivity index is 1.62. The van der Waals surface area contributed by atoms with E-state index in [-0.39, 0.29) is 29.2 Å². The van der Waals surface area contributed by atoms with Crippen LogP contribution >= 0.6 is 0 Å². The average molecular weight is 445 g/mol. The molecule has 166 valence electrons. The smallest absolute Gasteiger partial charge is 0.532 e. The number of nitrogens with zero attached hydrogens (tertiary/aromatic N) is 3. The molecule has 0 amide bonds. The lowest BCUT2D eigenvalue weighted by Crippen LogP contribution is -2.38. The number of aromatic nitrogens is 2. The van der Waals surface area contributed by atoms with Crippen LogP contribution in [-0.2, 0) is 10.9 Å². The topological polar surface area (TPSA) is 112 Å². The zero-order valence-corrected chi connectivity index (χ0v) is 17.0. The van der Waals surface area contributed by atoms with Gasteiger partial charge in [0.2, 0.25) is 5.95 Å². The van der Waals surface area contributed by atoms with Crippen LogP contribution in [0.1, 0.15) is 23.1 Å². The van der Waals surface area contributed by atoms with Gasteiger partial charge in [-0.1, -0.05) is 6.08 Å². The van der Waals surface area contributed by atoms with Crippen LogP contribution in [0.5, 0.6) is 5.75 Å². The number of anilines is 3. The first-order chi connectivity index (χ1) is 15.2. The minimum absolute atomic E-state index is 0.0807. The van der Waals surface area contributed by atoms with Crippen molar-refractivity contribution in [3.63, 3.8) is 0 Å². The van der Waals surface area contributed by atoms with Gasteiger partial charge in [0.1, 0.15) is 11.6 Å². The molecule has 12 heteroatoms. The summed E-state index contributed by atoms with van der Waals surface area (Å²) in [4.78, 5) is 8.53. The molecule has 2 aromatic rings. The van der Waals surface area contributed by atoms with Crippen molar-refractivity contribution in [1.29, 1.82) is 5.26 Å². The highest BCUT2D eigenvalue weighted by atomic mass is 19.4. The van der Waals surface area contributed by atoms with Crippen molar-refractivity contribution in [3.05, 3.63) is 41.0 Å². The van der Waals surface area contributed by atoms with Gasteiger partial charge in [0.15, 0.2) is 0 Å². The largest absolute Gasteiger partial charge is 0.552 e. The summed E-state index contributed by atoms with van der Waals surface area (Å²) in [6.45, 7) is 2.65. The average Bonchev–Trinajstić information content (AvgIpc) is 2.75. The number of hydrogen-bond acceptors (Lipinski definition) is 8. The zero-order chi connectivity index (χ0) is 22.9. The van der Waals surface area contributed by atoms with Crippen LogP contribution in [-0.4, -0.2) is 41.4 Å². The molecule has 3 N–H and O–H groups in total. The quantitative estimate of drug-likeness (QED) is 0.615. The molecule has 4 rings (SSSR count). The molecule has 1 unspecified atom stereocenters. The van der Waals surface area contributed by atoms with Crippen molar-refractivity contribution in [2.45, 2.75) is 25.6 Å². The molecule has 1 saturated heterocycles. The van der Waals surface area contributed by atoms with Crippen molar-refractivity contribution in [3.8, 4) is 11.8 Å². The normalized spacial score (nSPS) is 20.2. The molecular weight excluding hydrogens is 426 g/mol. The van der Waals surface area contributed by atoms with Gasteiger partial charge in [-0.05, 0) is 31.5 Å². The highest BCUT2D eigenvalue weighted by Crippen LogP contribution is 2.42. The second kappa shape index (κ2) is 8.68. The number of hydrogen-bond donors (Lipinski definition) is 3. The summed E-state index contributed by atoms with van der Waals surface area (Å²) >= 11 is 0. The number of nitrogens with one attached hydrogen (secondary N) is 2. The second-order valence-corrected chi connectivity index (χ2v) is 7.51. The Hall–Kier alpha value is -3.30. The van der Waals surface area contributed by atoms with Crippen LogP contribution < -0.4 is 15.3 Å². The molecule has 2 aliphatic heterocycles. The van der Waals surface area contributed by atoms with Crippen molar-refractivity contribution in [1.82, 2.24) is 9.97 Å². The molecule has 1 fully saturated rings. The summed E-state index contributed by atoms with van der Waals surface area (Å²) in [5, 5.41) is 24.9.